The smallest absolute Gasteiger partial charge is 0.0914 e. The van der Waals surface area contributed by atoms with Crippen LogP contribution in [0, 0.1) is 0 Å². The molecule has 0 bridgehead atoms. The summed E-state index contributed by atoms with van der Waals surface area (Å²) < 4.78 is 0. The van der Waals surface area contributed by atoms with Gasteiger partial charge in [0.25, 0.3) is 0 Å². The van der Waals surface area contributed by atoms with Crippen LogP contribution in [0.3, 0.4) is 0 Å². The maximum absolute atomic E-state index is 9.65. The summed E-state index contributed by atoms with van der Waals surface area (Å²) in [6, 6.07) is 9.62. The van der Waals surface area contributed by atoms with Gasteiger partial charge in [-0.15, -0.1) is 6.58 Å². The second kappa shape index (κ2) is 5.51. The molecule has 70 valence electrons. The Labute approximate surface area is 78.9 Å². The highest BCUT2D eigenvalue weighted by Crippen LogP contribution is 2.09. The Morgan fingerprint density at radius 2 is 2.08 bits per heavy atom. The first-order valence-electron chi connectivity index (χ1n) is 4.39. The van der Waals surface area contributed by atoms with Crippen LogP contribution < -0.4 is 5.32 Å². The molecule has 0 radical (unpaired) electrons. The summed E-state index contributed by atoms with van der Waals surface area (Å²) >= 11 is 0. The van der Waals surface area contributed by atoms with E-state index in [9.17, 15) is 5.11 Å². The minimum absolute atomic E-state index is 0.429. The Morgan fingerprint density at radius 1 is 1.38 bits per heavy atom. The summed E-state index contributed by atoms with van der Waals surface area (Å²) in [6.45, 7) is 4.88. The Bertz CT molecular complexity index is 246. The van der Waals surface area contributed by atoms with Gasteiger partial charge in [-0.05, 0) is 5.56 Å². The van der Waals surface area contributed by atoms with Crippen molar-refractivity contribution in [3.63, 3.8) is 0 Å². The first-order valence-corrected chi connectivity index (χ1v) is 4.39. The zero-order valence-electron chi connectivity index (χ0n) is 7.61. The molecule has 0 heterocycles. The zero-order chi connectivity index (χ0) is 9.52. The lowest BCUT2D eigenvalue weighted by Gasteiger charge is -2.10. The number of rotatable bonds is 5. The molecule has 2 nitrogen and oxygen atoms in total. The molecule has 0 aromatic heterocycles. The lowest BCUT2D eigenvalue weighted by atomic mass is 10.1. The average Bonchev–Trinajstić information content (AvgIpc) is 2.19. The highest BCUT2D eigenvalue weighted by atomic mass is 16.3. The van der Waals surface area contributed by atoms with Crippen LogP contribution in [0.5, 0.6) is 0 Å². The van der Waals surface area contributed by atoms with Crippen molar-refractivity contribution >= 4 is 0 Å². The molecule has 2 heteroatoms. The molecule has 1 aromatic carbocycles. The first kappa shape index (κ1) is 9.96. The van der Waals surface area contributed by atoms with Crippen LogP contribution in [0.25, 0.3) is 0 Å². The van der Waals surface area contributed by atoms with Crippen molar-refractivity contribution in [2.45, 2.75) is 6.10 Å². The van der Waals surface area contributed by atoms with E-state index in [4.69, 9.17) is 0 Å². The number of nitrogens with one attached hydrogen (secondary N) is 1. The van der Waals surface area contributed by atoms with Crippen molar-refractivity contribution in [2.24, 2.45) is 0 Å². The number of aliphatic hydroxyl groups excluding tert-OH is 1. The largest absolute Gasteiger partial charge is 0.387 e. The number of hydrogen-bond acceptors (Lipinski definition) is 2. The van der Waals surface area contributed by atoms with Crippen LogP contribution in [0.2, 0.25) is 0 Å². The Morgan fingerprint density at radius 3 is 2.69 bits per heavy atom. The van der Waals surface area contributed by atoms with Gasteiger partial charge in [0.1, 0.15) is 0 Å². The van der Waals surface area contributed by atoms with Gasteiger partial charge in [-0.3, -0.25) is 0 Å². The van der Waals surface area contributed by atoms with Crippen LogP contribution in [0.1, 0.15) is 11.7 Å². The molecule has 0 aliphatic rings. The van der Waals surface area contributed by atoms with Crippen LogP contribution in [-0.4, -0.2) is 18.2 Å². The van der Waals surface area contributed by atoms with E-state index in [1.165, 1.54) is 0 Å². The van der Waals surface area contributed by atoms with E-state index in [2.05, 4.69) is 11.9 Å². The fraction of sp³-hybridized carbons (Fsp3) is 0.273. The highest BCUT2D eigenvalue weighted by molar-refractivity contribution is 5.17. The van der Waals surface area contributed by atoms with Crippen LogP contribution >= 0.6 is 0 Å². The molecule has 0 aliphatic carbocycles. The van der Waals surface area contributed by atoms with E-state index in [-0.39, 0.29) is 0 Å². The molecular formula is C11H15NO. The molecule has 0 unspecified atom stereocenters. The van der Waals surface area contributed by atoms with Gasteiger partial charge >= 0.3 is 0 Å². The van der Waals surface area contributed by atoms with Crippen molar-refractivity contribution in [2.75, 3.05) is 13.1 Å². The van der Waals surface area contributed by atoms with Gasteiger partial charge in [0, 0.05) is 13.1 Å². The summed E-state index contributed by atoms with van der Waals surface area (Å²) in [5.41, 5.74) is 0.944. The van der Waals surface area contributed by atoms with Crippen LogP contribution in [-0.2, 0) is 0 Å². The Balaban J connectivity index is 2.39. The second-order valence-corrected chi connectivity index (χ2v) is 2.87. The predicted octanol–water partition coefficient (Wildman–Crippen LogP) is 1.50. The maximum atomic E-state index is 9.65. The molecular weight excluding hydrogens is 162 g/mol. The zero-order valence-corrected chi connectivity index (χ0v) is 7.61. The van der Waals surface area contributed by atoms with Crippen molar-refractivity contribution in [3.8, 4) is 0 Å². The molecule has 1 atom stereocenters. The van der Waals surface area contributed by atoms with E-state index in [0.717, 1.165) is 12.1 Å². The van der Waals surface area contributed by atoms with Gasteiger partial charge < -0.3 is 10.4 Å². The minimum Gasteiger partial charge on any atom is -0.387 e. The number of aliphatic hydroxyl groups is 1. The van der Waals surface area contributed by atoms with Gasteiger partial charge in [-0.1, -0.05) is 36.4 Å². The van der Waals surface area contributed by atoms with Gasteiger partial charge in [0.2, 0.25) is 0 Å². The third-order valence-electron chi connectivity index (χ3n) is 1.81. The topological polar surface area (TPSA) is 32.3 Å². The van der Waals surface area contributed by atoms with E-state index in [1.807, 2.05) is 30.3 Å². The second-order valence-electron chi connectivity index (χ2n) is 2.87. The van der Waals surface area contributed by atoms with Crippen molar-refractivity contribution in [1.29, 1.82) is 0 Å². The molecule has 0 saturated carbocycles. The molecule has 0 aliphatic heterocycles. The molecule has 0 saturated heterocycles. The molecule has 0 spiro atoms. The minimum atomic E-state index is -0.429. The molecule has 2 N–H and O–H groups in total. The lowest BCUT2D eigenvalue weighted by molar-refractivity contribution is 0.176. The van der Waals surface area contributed by atoms with E-state index >= 15 is 0 Å². The van der Waals surface area contributed by atoms with E-state index in [1.54, 1.807) is 6.08 Å². The highest BCUT2D eigenvalue weighted by Gasteiger charge is 2.04. The van der Waals surface area contributed by atoms with Gasteiger partial charge in [0.15, 0.2) is 0 Å². The Hall–Kier alpha value is -1.12. The molecule has 0 amide bonds. The summed E-state index contributed by atoms with van der Waals surface area (Å²) in [5.74, 6) is 0. The van der Waals surface area contributed by atoms with Crippen molar-refractivity contribution < 1.29 is 5.11 Å². The molecule has 0 fully saturated rings. The fourth-order valence-electron chi connectivity index (χ4n) is 1.12. The Kier molecular flexibility index (Phi) is 4.23. The van der Waals surface area contributed by atoms with Crippen LogP contribution in [0.4, 0.5) is 0 Å². The summed E-state index contributed by atoms with van der Waals surface area (Å²) in [4.78, 5) is 0. The number of benzene rings is 1. The monoisotopic (exact) mass is 177 g/mol. The van der Waals surface area contributed by atoms with Gasteiger partial charge in [-0.2, -0.15) is 0 Å². The number of hydrogen-bond donors (Lipinski definition) is 2. The van der Waals surface area contributed by atoms with Crippen LogP contribution in [0.15, 0.2) is 43.0 Å². The van der Waals surface area contributed by atoms with Crippen molar-refractivity contribution in [3.05, 3.63) is 48.6 Å². The van der Waals surface area contributed by atoms with Gasteiger partial charge in [-0.25, -0.2) is 0 Å². The third kappa shape index (κ3) is 3.40. The van der Waals surface area contributed by atoms with Gasteiger partial charge in [0.05, 0.1) is 6.10 Å². The average molecular weight is 177 g/mol. The standard InChI is InChI=1S/C11H15NO/c1-2-8-12-9-11(13)10-6-4-3-5-7-10/h2-7,11-13H,1,8-9H2/t11-/m1/s1. The lowest BCUT2D eigenvalue weighted by Crippen LogP contribution is -2.21. The quantitative estimate of drug-likeness (QED) is 0.527. The summed E-state index contributed by atoms with van der Waals surface area (Å²) in [7, 11) is 0. The fourth-order valence-corrected chi connectivity index (χ4v) is 1.12. The SMILES string of the molecule is C=CCNC[C@@H](O)c1ccccc1. The van der Waals surface area contributed by atoms with Crippen molar-refractivity contribution in [1.82, 2.24) is 5.32 Å². The normalized spacial score (nSPS) is 12.4. The maximum Gasteiger partial charge on any atom is 0.0914 e. The summed E-state index contributed by atoms with van der Waals surface area (Å²) in [6.07, 6.45) is 1.35. The summed E-state index contributed by atoms with van der Waals surface area (Å²) in [5, 5.41) is 12.7. The molecule has 1 rings (SSSR count). The molecule has 1 aromatic rings. The predicted molar refractivity (Wildman–Crippen MR) is 54.5 cm³/mol. The molecule has 13 heavy (non-hydrogen) atoms. The van der Waals surface area contributed by atoms with E-state index < -0.39 is 6.10 Å². The van der Waals surface area contributed by atoms with E-state index in [0.29, 0.717) is 6.54 Å². The third-order valence-corrected chi connectivity index (χ3v) is 1.81. The first-order chi connectivity index (χ1) is 6.34.